The molecule has 1 saturated heterocycles. The number of anilines is 1. The van der Waals surface area contributed by atoms with Crippen molar-refractivity contribution in [2.75, 3.05) is 17.2 Å². The van der Waals surface area contributed by atoms with Gasteiger partial charge in [-0.2, -0.15) is 0 Å². The number of amides is 3. The van der Waals surface area contributed by atoms with Gasteiger partial charge >= 0.3 is 0 Å². The lowest BCUT2D eigenvalue weighted by Gasteiger charge is -2.29. The van der Waals surface area contributed by atoms with E-state index in [1.54, 1.807) is 11.0 Å². The highest BCUT2D eigenvalue weighted by Crippen LogP contribution is 2.32. The number of hydrogen-bond donors (Lipinski definition) is 2. The molecule has 1 unspecified atom stereocenters. The van der Waals surface area contributed by atoms with Crippen molar-refractivity contribution < 1.29 is 14.4 Å². The summed E-state index contributed by atoms with van der Waals surface area (Å²) in [7, 11) is 0. The largest absolute Gasteiger partial charge is 0.384 e. The Bertz CT molecular complexity index is 647. The number of rotatable bonds is 4. The number of halogens is 1. The lowest BCUT2D eigenvalue weighted by molar-refractivity contribution is -0.136. The van der Waals surface area contributed by atoms with Crippen molar-refractivity contribution in [1.29, 1.82) is 0 Å². The molecule has 0 aliphatic carbocycles. The van der Waals surface area contributed by atoms with Crippen molar-refractivity contribution >= 4 is 39.3 Å². The Kier molecular flexibility index (Phi) is 4.15. The highest BCUT2D eigenvalue weighted by molar-refractivity contribution is 9.09. The third-order valence-electron chi connectivity index (χ3n) is 3.99. The molecular formula is C15H16BrN3O3. The molecule has 0 bridgehead atoms. The Morgan fingerprint density at radius 1 is 1.32 bits per heavy atom. The molecular weight excluding hydrogens is 350 g/mol. The Hall–Kier alpha value is -1.89. The Morgan fingerprint density at radius 2 is 2.14 bits per heavy atom. The fourth-order valence-electron chi connectivity index (χ4n) is 2.93. The lowest BCUT2D eigenvalue weighted by Crippen LogP contribution is -2.52. The Balaban J connectivity index is 1.84. The van der Waals surface area contributed by atoms with E-state index in [9.17, 15) is 14.4 Å². The van der Waals surface area contributed by atoms with Gasteiger partial charge in [0.15, 0.2) is 0 Å². The number of benzene rings is 1. The van der Waals surface area contributed by atoms with E-state index < -0.39 is 6.04 Å². The summed E-state index contributed by atoms with van der Waals surface area (Å²) in [4.78, 5) is 37.4. The van der Waals surface area contributed by atoms with Gasteiger partial charge in [-0.3, -0.25) is 19.7 Å². The summed E-state index contributed by atoms with van der Waals surface area (Å²) in [5.74, 6) is -0.801. The van der Waals surface area contributed by atoms with Crippen LogP contribution in [0.5, 0.6) is 0 Å². The summed E-state index contributed by atoms with van der Waals surface area (Å²) in [6.07, 6.45) is 0.653. The van der Waals surface area contributed by atoms with Crippen LogP contribution in [-0.4, -0.2) is 40.5 Å². The molecule has 6 nitrogen and oxygen atoms in total. The molecule has 2 aliphatic rings. The van der Waals surface area contributed by atoms with Gasteiger partial charge < -0.3 is 10.2 Å². The van der Waals surface area contributed by atoms with Crippen molar-refractivity contribution in [3.63, 3.8) is 0 Å². The van der Waals surface area contributed by atoms with Gasteiger partial charge in [-0.15, -0.1) is 0 Å². The van der Waals surface area contributed by atoms with Gasteiger partial charge in [-0.1, -0.05) is 22.0 Å². The molecule has 3 rings (SSSR count). The summed E-state index contributed by atoms with van der Waals surface area (Å²) in [5.41, 5.74) is 2.46. The molecule has 1 fully saturated rings. The number of carbonyl (C=O) groups is 3. The Morgan fingerprint density at radius 3 is 2.86 bits per heavy atom. The van der Waals surface area contributed by atoms with E-state index in [0.717, 1.165) is 23.1 Å². The highest BCUT2D eigenvalue weighted by Gasteiger charge is 2.39. The fourth-order valence-corrected chi connectivity index (χ4v) is 3.13. The molecule has 1 aromatic rings. The van der Waals surface area contributed by atoms with Crippen LogP contribution in [0.1, 0.15) is 28.8 Å². The summed E-state index contributed by atoms with van der Waals surface area (Å²) >= 11 is 3.36. The van der Waals surface area contributed by atoms with Crippen LogP contribution in [-0.2, 0) is 16.1 Å². The zero-order valence-corrected chi connectivity index (χ0v) is 13.5. The van der Waals surface area contributed by atoms with E-state index in [-0.39, 0.29) is 24.1 Å². The van der Waals surface area contributed by atoms with E-state index in [4.69, 9.17) is 0 Å². The van der Waals surface area contributed by atoms with Crippen molar-refractivity contribution in [1.82, 2.24) is 10.2 Å². The van der Waals surface area contributed by atoms with Gasteiger partial charge in [0.2, 0.25) is 11.8 Å². The predicted molar refractivity (Wildman–Crippen MR) is 84.8 cm³/mol. The van der Waals surface area contributed by atoms with Gasteiger partial charge in [0.25, 0.3) is 5.91 Å². The average molecular weight is 366 g/mol. The maximum absolute atomic E-state index is 12.6. The predicted octanol–water partition coefficient (Wildman–Crippen LogP) is 1.25. The van der Waals surface area contributed by atoms with Crippen molar-refractivity contribution in [3.8, 4) is 0 Å². The summed E-state index contributed by atoms with van der Waals surface area (Å²) in [6.45, 7) is 1.15. The number of hydrogen-bond acceptors (Lipinski definition) is 4. The van der Waals surface area contributed by atoms with Gasteiger partial charge in [-0.05, 0) is 18.6 Å². The molecule has 2 N–H and O–H groups in total. The van der Waals surface area contributed by atoms with Crippen LogP contribution >= 0.6 is 15.9 Å². The normalized spacial score (nSPS) is 20.9. The molecule has 0 saturated carbocycles. The second-order valence-electron chi connectivity index (χ2n) is 5.35. The molecule has 1 aromatic carbocycles. The van der Waals surface area contributed by atoms with Crippen molar-refractivity contribution in [2.45, 2.75) is 25.4 Å². The minimum Gasteiger partial charge on any atom is -0.384 e. The van der Waals surface area contributed by atoms with Crippen LogP contribution in [0.3, 0.4) is 0 Å². The molecule has 22 heavy (non-hydrogen) atoms. The molecule has 2 heterocycles. The van der Waals surface area contributed by atoms with Crippen LogP contribution in [0.4, 0.5) is 5.69 Å². The van der Waals surface area contributed by atoms with E-state index in [1.165, 1.54) is 0 Å². The minimum absolute atomic E-state index is 0.146. The molecule has 0 spiro atoms. The van der Waals surface area contributed by atoms with E-state index in [0.29, 0.717) is 18.5 Å². The number of carbonyl (C=O) groups excluding carboxylic acids is 3. The average Bonchev–Trinajstić information content (AvgIpc) is 2.83. The zero-order valence-electron chi connectivity index (χ0n) is 11.9. The second-order valence-corrected chi connectivity index (χ2v) is 6.14. The lowest BCUT2D eigenvalue weighted by atomic mass is 10.0. The van der Waals surface area contributed by atoms with Gasteiger partial charge in [0.05, 0.1) is 0 Å². The maximum atomic E-state index is 12.6. The summed E-state index contributed by atoms with van der Waals surface area (Å²) in [5, 5.41) is 6.39. The smallest absolute Gasteiger partial charge is 0.255 e. The molecule has 3 amide bonds. The van der Waals surface area contributed by atoms with Crippen LogP contribution in [0.25, 0.3) is 0 Å². The minimum atomic E-state index is -0.568. The molecule has 1 atom stereocenters. The quantitative estimate of drug-likeness (QED) is 0.621. The van der Waals surface area contributed by atoms with E-state index in [1.807, 2.05) is 12.1 Å². The number of fused-ring (bicyclic) bond motifs is 1. The summed E-state index contributed by atoms with van der Waals surface area (Å²) in [6, 6.07) is 4.98. The SMILES string of the molecule is O=C1CCC(N2Cc3c(NCCBr)cccc3C2=O)C(=O)N1. The third kappa shape index (κ3) is 2.61. The van der Waals surface area contributed by atoms with Crippen LogP contribution in [0, 0.1) is 0 Å². The van der Waals surface area contributed by atoms with Gasteiger partial charge in [0.1, 0.15) is 6.04 Å². The van der Waals surface area contributed by atoms with Crippen LogP contribution in [0.2, 0.25) is 0 Å². The fraction of sp³-hybridized carbons (Fsp3) is 0.400. The first-order valence-corrected chi connectivity index (χ1v) is 8.30. The molecule has 7 heteroatoms. The Labute approximate surface area is 136 Å². The van der Waals surface area contributed by atoms with Crippen molar-refractivity contribution in [2.24, 2.45) is 0 Å². The second kappa shape index (κ2) is 6.08. The molecule has 2 aliphatic heterocycles. The number of alkyl halides is 1. The molecule has 0 aromatic heterocycles. The third-order valence-corrected chi connectivity index (χ3v) is 4.39. The maximum Gasteiger partial charge on any atom is 0.255 e. The van der Waals surface area contributed by atoms with Gasteiger partial charge in [-0.25, -0.2) is 0 Å². The first-order chi connectivity index (χ1) is 10.6. The standard InChI is InChI=1S/C15H16BrN3O3/c16-6-7-17-11-3-1-2-9-10(11)8-19(15(9)22)12-4-5-13(20)18-14(12)21/h1-3,12,17H,4-8H2,(H,18,20,21). The molecule has 116 valence electrons. The topological polar surface area (TPSA) is 78.5 Å². The van der Waals surface area contributed by atoms with Crippen LogP contribution in [0.15, 0.2) is 18.2 Å². The number of nitrogens with zero attached hydrogens (tertiary/aromatic N) is 1. The first-order valence-electron chi connectivity index (χ1n) is 7.18. The number of piperidine rings is 1. The summed E-state index contributed by atoms with van der Waals surface area (Å²) < 4.78 is 0. The van der Waals surface area contributed by atoms with Crippen molar-refractivity contribution in [3.05, 3.63) is 29.3 Å². The van der Waals surface area contributed by atoms with E-state index in [2.05, 4.69) is 26.6 Å². The number of nitrogens with one attached hydrogen (secondary N) is 2. The monoisotopic (exact) mass is 365 g/mol. The van der Waals surface area contributed by atoms with Gasteiger partial charge in [0, 0.05) is 41.7 Å². The number of imide groups is 1. The zero-order chi connectivity index (χ0) is 15.7. The van der Waals surface area contributed by atoms with E-state index >= 15 is 0 Å². The highest BCUT2D eigenvalue weighted by atomic mass is 79.9. The molecule has 0 radical (unpaired) electrons. The van der Waals surface area contributed by atoms with Crippen LogP contribution < -0.4 is 10.6 Å². The first kappa shape index (κ1) is 15.0.